The smallest absolute Gasteiger partial charge is 0.134 e. The highest BCUT2D eigenvalue weighted by molar-refractivity contribution is 7.16. The number of hydrogen-bond donors (Lipinski definition) is 2. The first-order valence-corrected chi connectivity index (χ1v) is 12.3. The van der Waals surface area contributed by atoms with E-state index in [4.69, 9.17) is 4.74 Å². The number of ether oxygens (including phenoxy) is 1. The van der Waals surface area contributed by atoms with E-state index in [1.54, 1.807) is 23.6 Å². The molecular formula is C27H23FN4OS. The number of thiazole rings is 1. The van der Waals surface area contributed by atoms with Crippen molar-refractivity contribution < 1.29 is 9.13 Å². The molecule has 0 unspecified atom stereocenters. The second-order valence-electron chi connectivity index (χ2n) is 8.46. The summed E-state index contributed by atoms with van der Waals surface area (Å²) in [6.07, 6.45) is 3.79. The lowest BCUT2D eigenvalue weighted by Gasteiger charge is -2.24. The molecule has 0 amide bonds. The van der Waals surface area contributed by atoms with Gasteiger partial charge in [0, 0.05) is 34.6 Å². The van der Waals surface area contributed by atoms with Crippen LogP contribution in [0.4, 0.5) is 15.8 Å². The van der Waals surface area contributed by atoms with Gasteiger partial charge < -0.3 is 15.4 Å². The summed E-state index contributed by atoms with van der Waals surface area (Å²) in [7, 11) is 0. The SMILES string of the molecule is Fc1cc(OC2CCNCC2)ccc1-c1ccc2nccc(Nc3ccc4scnc4c3)c2c1. The summed E-state index contributed by atoms with van der Waals surface area (Å²) in [4.78, 5) is 8.89. The van der Waals surface area contributed by atoms with E-state index < -0.39 is 0 Å². The number of aromatic nitrogens is 2. The van der Waals surface area contributed by atoms with Gasteiger partial charge in [0.15, 0.2) is 0 Å². The molecule has 0 aliphatic carbocycles. The number of hydrogen-bond acceptors (Lipinski definition) is 6. The molecule has 2 N–H and O–H groups in total. The Balaban J connectivity index is 1.31. The van der Waals surface area contributed by atoms with E-state index in [-0.39, 0.29) is 11.9 Å². The van der Waals surface area contributed by atoms with E-state index in [1.807, 2.05) is 48.0 Å². The average Bonchev–Trinajstić information content (AvgIpc) is 3.33. The maximum Gasteiger partial charge on any atom is 0.134 e. The van der Waals surface area contributed by atoms with Crippen molar-refractivity contribution >= 4 is 43.8 Å². The standard InChI is InChI=1S/C27H23FN4OS/c28-23-15-20(33-19-7-10-29-11-8-19)3-4-21(23)17-1-5-24-22(13-17)25(9-12-30-24)32-18-2-6-27-26(14-18)31-16-34-27/h1-6,9,12-16,19,29H,7-8,10-11H2,(H,30,32). The topological polar surface area (TPSA) is 59.1 Å². The van der Waals surface area contributed by atoms with Crippen LogP contribution in [0.3, 0.4) is 0 Å². The van der Waals surface area contributed by atoms with Crippen LogP contribution in [0, 0.1) is 5.82 Å². The average molecular weight is 471 g/mol. The molecule has 3 aromatic carbocycles. The number of fused-ring (bicyclic) bond motifs is 2. The molecule has 5 nitrogen and oxygen atoms in total. The number of pyridine rings is 1. The third kappa shape index (κ3) is 4.20. The fourth-order valence-electron chi connectivity index (χ4n) is 4.42. The van der Waals surface area contributed by atoms with Crippen molar-refractivity contribution in [2.45, 2.75) is 18.9 Å². The Morgan fingerprint density at radius 2 is 1.85 bits per heavy atom. The fraction of sp³-hybridized carbons (Fsp3) is 0.185. The molecule has 0 spiro atoms. The highest BCUT2D eigenvalue weighted by Crippen LogP contribution is 2.33. The van der Waals surface area contributed by atoms with Crippen LogP contribution in [0.5, 0.6) is 5.75 Å². The summed E-state index contributed by atoms with van der Waals surface area (Å²) >= 11 is 1.62. The zero-order valence-corrected chi connectivity index (χ0v) is 19.2. The van der Waals surface area contributed by atoms with Crippen LogP contribution in [0.15, 0.2) is 72.4 Å². The third-order valence-electron chi connectivity index (χ3n) is 6.19. The molecule has 2 aromatic heterocycles. The van der Waals surface area contributed by atoms with Crippen molar-refractivity contribution in [3.63, 3.8) is 0 Å². The molecule has 1 fully saturated rings. The lowest BCUT2D eigenvalue weighted by atomic mass is 10.0. The summed E-state index contributed by atoms with van der Waals surface area (Å²) in [5, 5.41) is 7.72. The molecule has 1 aliphatic heterocycles. The molecule has 0 atom stereocenters. The number of nitrogens with zero attached hydrogens (tertiary/aromatic N) is 2. The van der Waals surface area contributed by atoms with Gasteiger partial charge in [0.1, 0.15) is 17.7 Å². The van der Waals surface area contributed by atoms with E-state index >= 15 is 4.39 Å². The summed E-state index contributed by atoms with van der Waals surface area (Å²) < 4.78 is 22.3. The molecule has 0 saturated carbocycles. The van der Waals surface area contributed by atoms with Gasteiger partial charge in [0.05, 0.1) is 21.2 Å². The largest absolute Gasteiger partial charge is 0.490 e. The van der Waals surface area contributed by atoms with Gasteiger partial charge in [0.2, 0.25) is 0 Å². The second-order valence-corrected chi connectivity index (χ2v) is 9.35. The van der Waals surface area contributed by atoms with Crippen molar-refractivity contribution in [1.82, 2.24) is 15.3 Å². The highest BCUT2D eigenvalue weighted by Gasteiger charge is 2.16. The predicted molar refractivity (Wildman–Crippen MR) is 137 cm³/mol. The van der Waals surface area contributed by atoms with Crippen LogP contribution in [-0.2, 0) is 0 Å². The van der Waals surface area contributed by atoms with Crippen LogP contribution < -0.4 is 15.4 Å². The Bertz CT molecular complexity index is 1480. The molecule has 34 heavy (non-hydrogen) atoms. The van der Waals surface area contributed by atoms with E-state index in [1.165, 1.54) is 6.07 Å². The number of anilines is 2. The summed E-state index contributed by atoms with van der Waals surface area (Å²) in [5.74, 6) is 0.286. The summed E-state index contributed by atoms with van der Waals surface area (Å²) in [6, 6.07) is 19.0. The lowest BCUT2D eigenvalue weighted by Crippen LogP contribution is -2.34. The third-order valence-corrected chi connectivity index (χ3v) is 7.00. The first-order chi connectivity index (χ1) is 16.7. The Morgan fingerprint density at radius 1 is 0.941 bits per heavy atom. The molecule has 1 saturated heterocycles. The Kier molecular flexibility index (Phi) is 5.57. The number of halogens is 1. The normalized spacial score (nSPS) is 14.5. The highest BCUT2D eigenvalue weighted by atomic mass is 32.1. The maximum atomic E-state index is 15.1. The molecule has 1 aliphatic rings. The van der Waals surface area contributed by atoms with Gasteiger partial charge in [-0.15, -0.1) is 11.3 Å². The molecule has 5 aromatic rings. The Labute approximate surface area is 200 Å². The quantitative estimate of drug-likeness (QED) is 0.306. The molecule has 0 bridgehead atoms. The van der Waals surface area contributed by atoms with Crippen molar-refractivity contribution in [3.05, 3.63) is 78.2 Å². The minimum absolute atomic E-state index is 0.135. The van der Waals surface area contributed by atoms with Gasteiger partial charge in [-0.2, -0.15) is 0 Å². The van der Waals surface area contributed by atoms with Gasteiger partial charge in [-0.25, -0.2) is 9.37 Å². The minimum atomic E-state index is -0.293. The van der Waals surface area contributed by atoms with E-state index in [0.29, 0.717) is 11.3 Å². The molecule has 3 heterocycles. The Hall–Kier alpha value is -3.55. The molecule has 0 radical (unpaired) electrons. The second kappa shape index (κ2) is 9.00. The van der Waals surface area contributed by atoms with Gasteiger partial charge >= 0.3 is 0 Å². The lowest BCUT2D eigenvalue weighted by molar-refractivity contribution is 0.162. The number of rotatable bonds is 5. The maximum absolute atomic E-state index is 15.1. The minimum Gasteiger partial charge on any atom is -0.490 e. The van der Waals surface area contributed by atoms with Crippen LogP contribution in [-0.4, -0.2) is 29.2 Å². The first kappa shape index (κ1) is 21.0. The molecule has 6 rings (SSSR count). The zero-order chi connectivity index (χ0) is 22.9. The molecule has 7 heteroatoms. The summed E-state index contributed by atoms with van der Waals surface area (Å²) in [6.45, 7) is 1.87. The van der Waals surface area contributed by atoms with Crippen LogP contribution in [0.1, 0.15) is 12.8 Å². The van der Waals surface area contributed by atoms with Crippen molar-refractivity contribution in [2.75, 3.05) is 18.4 Å². The molecular weight excluding hydrogens is 447 g/mol. The van der Waals surface area contributed by atoms with E-state index in [2.05, 4.69) is 26.7 Å². The van der Waals surface area contributed by atoms with Gasteiger partial charge in [-0.1, -0.05) is 6.07 Å². The van der Waals surface area contributed by atoms with E-state index in [0.717, 1.165) is 64.0 Å². The van der Waals surface area contributed by atoms with Crippen LogP contribution in [0.25, 0.3) is 32.2 Å². The fourth-order valence-corrected chi connectivity index (χ4v) is 5.08. The van der Waals surface area contributed by atoms with E-state index in [9.17, 15) is 0 Å². The van der Waals surface area contributed by atoms with Gasteiger partial charge in [0.25, 0.3) is 0 Å². The number of benzene rings is 3. The first-order valence-electron chi connectivity index (χ1n) is 11.4. The van der Waals surface area contributed by atoms with Gasteiger partial charge in [-0.3, -0.25) is 4.98 Å². The monoisotopic (exact) mass is 470 g/mol. The number of nitrogens with one attached hydrogen (secondary N) is 2. The summed E-state index contributed by atoms with van der Waals surface area (Å²) in [5.41, 5.74) is 6.84. The predicted octanol–water partition coefficient (Wildman–Crippen LogP) is 6.53. The Morgan fingerprint density at radius 3 is 2.74 bits per heavy atom. The van der Waals surface area contributed by atoms with Crippen LogP contribution >= 0.6 is 11.3 Å². The van der Waals surface area contributed by atoms with Gasteiger partial charge in [-0.05, 0) is 80.0 Å². The van der Waals surface area contributed by atoms with Crippen molar-refractivity contribution in [3.8, 4) is 16.9 Å². The van der Waals surface area contributed by atoms with Crippen molar-refractivity contribution in [1.29, 1.82) is 0 Å². The van der Waals surface area contributed by atoms with Crippen molar-refractivity contribution in [2.24, 2.45) is 0 Å². The number of piperidine rings is 1. The zero-order valence-electron chi connectivity index (χ0n) is 18.4. The molecule has 170 valence electrons. The van der Waals surface area contributed by atoms with Crippen LogP contribution in [0.2, 0.25) is 0 Å².